The van der Waals surface area contributed by atoms with Gasteiger partial charge >= 0.3 is 11.9 Å². The minimum absolute atomic E-state index is 0.0701. The molecule has 5 nitrogen and oxygen atoms in total. The third-order valence-electron chi connectivity index (χ3n) is 0.894. The lowest BCUT2D eigenvalue weighted by Gasteiger charge is -1.99. The molecule has 0 aromatic carbocycles. The molecule has 0 aromatic heterocycles. The van der Waals surface area contributed by atoms with Gasteiger partial charge in [-0.05, 0) is 0 Å². The number of rotatable bonds is 5. The summed E-state index contributed by atoms with van der Waals surface area (Å²) >= 11 is 1.05. The van der Waals surface area contributed by atoms with Gasteiger partial charge in [-0.3, -0.25) is 4.79 Å². The summed E-state index contributed by atoms with van der Waals surface area (Å²) in [5.74, 6) is -1.77. The summed E-state index contributed by atoms with van der Waals surface area (Å²) in [4.78, 5) is 20.1. The third-order valence-corrected chi connectivity index (χ3v) is 1.98. The van der Waals surface area contributed by atoms with E-state index >= 15 is 0 Å². The molecule has 0 aliphatic carbocycles. The van der Waals surface area contributed by atoms with Crippen molar-refractivity contribution in [2.24, 2.45) is 0 Å². The van der Waals surface area contributed by atoms with Crippen LogP contribution in [0.3, 0.4) is 0 Å². The zero-order valence-electron chi connectivity index (χ0n) is 5.82. The lowest BCUT2D eigenvalue weighted by Crippen LogP contribution is -2.66. The van der Waals surface area contributed by atoms with Gasteiger partial charge in [-0.15, -0.1) is 11.8 Å². The van der Waals surface area contributed by atoms with Gasteiger partial charge in [-0.1, -0.05) is 0 Å². The average Bonchev–Trinajstić information content (AvgIpc) is 1.86. The highest BCUT2D eigenvalue weighted by Gasteiger charge is 2.15. The third kappa shape index (κ3) is 5.68. The zero-order valence-corrected chi connectivity index (χ0v) is 6.63. The molecule has 0 unspecified atom stereocenters. The van der Waals surface area contributed by atoms with Crippen LogP contribution in [0, 0.1) is 0 Å². The van der Waals surface area contributed by atoms with Crippen LogP contribution in [0.15, 0.2) is 0 Å². The van der Waals surface area contributed by atoms with Crippen LogP contribution in [-0.2, 0) is 9.59 Å². The van der Waals surface area contributed by atoms with Gasteiger partial charge in [0.1, 0.15) is 0 Å². The molecule has 0 amide bonds. The maximum absolute atomic E-state index is 10.2. The number of carbonyl (C=O) groups is 2. The van der Waals surface area contributed by atoms with Gasteiger partial charge in [-0.25, -0.2) is 4.79 Å². The molecule has 6 heteroatoms. The number of hydrogen-bond acceptors (Lipinski definition) is 3. The summed E-state index contributed by atoms with van der Waals surface area (Å²) in [6, 6.07) is -0.723. The number of quaternary nitrogens is 1. The molecule has 11 heavy (non-hydrogen) atoms. The quantitative estimate of drug-likeness (QED) is 0.478. The molecule has 5 N–H and O–H groups in total. The summed E-state index contributed by atoms with van der Waals surface area (Å²) in [5.41, 5.74) is 3.32. The normalized spacial score (nSPS) is 12.5. The van der Waals surface area contributed by atoms with Gasteiger partial charge in [0.05, 0.1) is 11.5 Å². The van der Waals surface area contributed by atoms with Gasteiger partial charge in [0.15, 0.2) is 6.04 Å². The first-order chi connectivity index (χ1) is 5.04. The van der Waals surface area contributed by atoms with Crippen LogP contribution in [0.2, 0.25) is 0 Å². The second-order valence-electron chi connectivity index (χ2n) is 1.94. The van der Waals surface area contributed by atoms with Gasteiger partial charge in [0.2, 0.25) is 0 Å². The van der Waals surface area contributed by atoms with Crippen LogP contribution in [0.25, 0.3) is 0 Å². The van der Waals surface area contributed by atoms with E-state index in [1.54, 1.807) is 0 Å². The van der Waals surface area contributed by atoms with E-state index < -0.39 is 18.0 Å². The van der Waals surface area contributed by atoms with Crippen molar-refractivity contribution in [1.82, 2.24) is 0 Å². The maximum atomic E-state index is 10.2. The molecule has 1 atom stereocenters. The molecule has 0 heterocycles. The lowest BCUT2D eigenvalue weighted by molar-refractivity contribution is -0.400. The zero-order chi connectivity index (χ0) is 8.85. The molecule has 0 fully saturated rings. The van der Waals surface area contributed by atoms with E-state index in [0.29, 0.717) is 0 Å². The van der Waals surface area contributed by atoms with Crippen molar-refractivity contribution >= 4 is 23.7 Å². The van der Waals surface area contributed by atoms with E-state index in [1.165, 1.54) is 0 Å². The molecular formula is C5H10NO4S+. The molecular weight excluding hydrogens is 170 g/mol. The number of carboxylic acids is 2. The Morgan fingerprint density at radius 1 is 1.45 bits per heavy atom. The smallest absolute Gasteiger partial charge is 0.363 e. The molecule has 0 spiro atoms. The molecule has 0 aromatic rings. The van der Waals surface area contributed by atoms with E-state index in [4.69, 9.17) is 10.2 Å². The van der Waals surface area contributed by atoms with Crippen LogP contribution < -0.4 is 5.73 Å². The first-order valence-electron chi connectivity index (χ1n) is 2.89. The molecule has 0 aliphatic heterocycles. The highest BCUT2D eigenvalue weighted by Crippen LogP contribution is 1.99. The van der Waals surface area contributed by atoms with Crippen LogP contribution >= 0.6 is 11.8 Å². The van der Waals surface area contributed by atoms with Crippen molar-refractivity contribution in [3.8, 4) is 0 Å². The van der Waals surface area contributed by atoms with Crippen LogP contribution in [0.1, 0.15) is 0 Å². The Hall–Kier alpha value is -0.750. The minimum Gasteiger partial charge on any atom is -0.481 e. The molecule has 64 valence electrons. The van der Waals surface area contributed by atoms with Crippen LogP contribution in [0.4, 0.5) is 0 Å². The van der Waals surface area contributed by atoms with E-state index in [9.17, 15) is 9.59 Å². The van der Waals surface area contributed by atoms with Crippen LogP contribution in [0.5, 0.6) is 0 Å². The predicted octanol–water partition coefficient (Wildman–Crippen LogP) is -1.50. The van der Waals surface area contributed by atoms with Crippen molar-refractivity contribution in [3.63, 3.8) is 0 Å². The van der Waals surface area contributed by atoms with Gasteiger partial charge in [0, 0.05) is 0 Å². The lowest BCUT2D eigenvalue weighted by atomic mass is 10.4. The summed E-state index contributed by atoms with van der Waals surface area (Å²) in [7, 11) is 0. The molecule has 0 saturated carbocycles. The number of carboxylic acid groups (broad SMARTS) is 2. The summed E-state index contributed by atoms with van der Waals surface area (Å²) in [6.45, 7) is 0. The SMILES string of the molecule is [NH3+][C@@H](CSCC(=O)O)C(=O)O. The summed E-state index contributed by atoms with van der Waals surface area (Å²) in [6.07, 6.45) is 0. The molecule has 0 bridgehead atoms. The fraction of sp³-hybridized carbons (Fsp3) is 0.600. The molecule has 0 rings (SSSR count). The van der Waals surface area contributed by atoms with Gasteiger partial charge < -0.3 is 15.9 Å². The van der Waals surface area contributed by atoms with Crippen molar-refractivity contribution in [3.05, 3.63) is 0 Å². The Labute approximate surface area is 67.6 Å². The first kappa shape index (κ1) is 10.2. The van der Waals surface area contributed by atoms with Crippen LogP contribution in [-0.4, -0.2) is 39.7 Å². The van der Waals surface area contributed by atoms with E-state index in [1.807, 2.05) is 0 Å². The largest absolute Gasteiger partial charge is 0.481 e. The van der Waals surface area contributed by atoms with E-state index in [2.05, 4.69) is 5.73 Å². The van der Waals surface area contributed by atoms with Crippen molar-refractivity contribution < 1.29 is 25.5 Å². The topological polar surface area (TPSA) is 102 Å². The highest BCUT2D eigenvalue weighted by molar-refractivity contribution is 7.99. The van der Waals surface area contributed by atoms with Crippen molar-refractivity contribution in [2.75, 3.05) is 11.5 Å². The Kier molecular flexibility index (Phi) is 4.64. The average molecular weight is 180 g/mol. The maximum Gasteiger partial charge on any atom is 0.363 e. The molecule has 0 radical (unpaired) electrons. The highest BCUT2D eigenvalue weighted by atomic mass is 32.2. The summed E-state index contributed by atoms with van der Waals surface area (Å²) in [5, 5.41) is 16.5. The number of hydrogen-bond donors (Lipinski definition) is 3. The Morgan fingerprint density at radius 2 is 2.00 bits per heavy atom. The summed E-state index contributed by atoms with van der Waals surface area (Å²) < 4.78 is 0. The Bertz CT molecular complexity index is 161. The van der Waals surface area contributed by atoms with Crippen molar-refractivity contribution in [2.45, 2.75) is 6.04 Å². The second-order valence-corrected chi connectivity index (χ2v) is 2.97. The van der Waals surface area contributed by atoms with E-state index in [-0.39, 0.29) is 11.5 Å². The molecule has 0 aliphatic rings. The fourth-order valence-corrected chi connectivity index (χ4v) is 1.08. The predicted molar refractivity (Wildman–Crippen MR) is 39.3 cm³/mol. The minimum atomic E-state index is -0.997. The van der Waals surface area contributed by atoms with Gasteiger partial charge in [-0.2, -0.15) is 0 Å². The monoisotopic (exact) mass is 180 g/mol. The van der Waals surface area contributed by atoms with E-state index in [0.717, 1.165) is 11.8 Å². The van der Waals surface area contributed by atoms with Gasteiger partial charge in [0.25, 0.3) is 0 Å². The number of aliphatic carboxylic acids is 2. The van der Waals surface area contributed by atoms with Crippen molar-refractivity contribution in [1.29, 1.82) is 0 Å². The fourth-order valence-electron chi connectivity index (χ4n) is 0.360. The first-order valence-corrected chi connectivity index (χ1v) is 4.05. The standard InChI is InChI=1S/C5H9NO4S/c6-3(5(9)10)1-11-2-4(7)8/h3H,1-2,6H2,(H,7,8)(H,9,10)/p+1/t3-/m0/s1. The Morgan fingerprint density at radius 3 is 2.36 bits per heavy atom. The Balaban J connectivity index is 3.39. The molecule has 0 saturated heterocycles. The number of thioether (sulfide) groups is 1. The second kappa shape index (κ2) is 4.97.